The Labute approximate surface area is 122 Å². The van der Waals surface area contributed by atoms with Crippen molar-refractivity contribution < 1.29 is 19.1 Å². The molecule has 0 aromatic rings. The van der Waals surface area contributed by atoms with Gasteiger partial charge in [0.2, 0.25) is 0 Å². The van der Waals surface area contributed by atoms with Gasteiger partial charge in [-0.25, -0.2) is 0 Å². The maximum Gasteiger partial charge on any atom is 0.142 e. The van der Waals surface area contributed by atoms with Crippen molar-refractivity contribution in [3.63, 3.8) is 0 Å². The second kappa shape index (κ2) is 10.7. The van der Waals surface area contributed by atoms with E-state index in [-0.39, 0.29) is 36.1 Å². The molecule has 116 valence electrons. The zero-order chi connectivity index (χ0) is 15.5. The van der Waals surface area contributed by atoms with Crippen molar-refractivity contribution in [2.45, 2.75) is 59.8 Å². The Balaban J connectivity index is 3.59. The molecule has 0 atom stereocenters. The molecule has 0 aliphatic heterocycles. The van der Waals surface area contributed by atoms with E-state index in [1.165, 1.54) is 0 Å². The molecule has 0 amide bonds. The minimum atomic E-state index is -0.0751. The third kappa shape index (κ3) is 10.9. The number of ether oxygens (including phenoxy) is 1. The summed E-state index contributed by atoms with van der Waals surface area (Å²) >= 11 is 0. The molecule has 0 N–H and O–H groups in total. The Bertz CT molecular complexity index is 318. The maximum absolute atomic E-state index is 11.5. The van der Waals surface area contributed by atoms with Crippen molar-refractivity contribution in [1.29, 1.82) is 0 Å². The molecule has 0 unspecified atom stereocenters. The lowest BCUT2D eigenvalue weighted by molar-refractivity contribution is -0.127. The van der Waals surface area contributed by atoms with Crippen molar-refractivity contribution in [3.05, 3.63) is 0 Å². The van der Waals surface area contributed by atoms with E-state index in [9.17, 15) is 14.4 Å². The van der Waals surface area contributed by atoms with Crippen molar-refractivity contribution in [2.75, 3.05) is 13.2 Å². The van der Waals surface area contributed by atoms with Gasteiger partial charge >= 0.3 is 0 Å². The Morgan fingerprint density at radius 2 is 1.40 bits per heavy atom. The summed E-state index contributed by atoms with van der Waals surface area (Å²) in [6.45, 7) is 8.47. The summed E-state index contributed by atoms with van der Waals surface area (Å²) in [5, 5.41) is 0. The fraction of sp³-hybridized carbons (Fsp3) is 0.812. The Kier molecular flexibility index (Phi) is 10.2. The highest BCUT2D eigenvalue weighted by Gasteiger charge is 2.11. The average molecular weight is 284 g/mol. The number of carbonyl (C=O) groups is 3. The lowest BCUT2D eigenvalue weighted by Gasteiger charge is -2.06. The number of hydrogen-bond acceptors (Lipinski definition) is 4. The predicted octanol–water partition coefficient (Wildman–Crippen LogP) is 2.97. The van der Waals surface area contributed by atoms with Gasteiger partial charge in [-0.3, -0.25) is 14.4 Å². The van der Waals surface area contributed by atoms with Crippen molar-refractivity contribution in [1.82, 2.24) is 0 Å². The first kappa shape index (κ1) is 19.0. The standard InChI is InChI=1S/C16H28O4/c1-12(2)5-6-14(17)11-15(18)7-9-20-10-8-16(19)13(3)4/h12-13H,5-11H2,1-4H3. The van der Waals surface area contributed by atoms with Crippen LogP contribution in [0.3, 0.4) is 0 Å². The SMILES string of the molecule is CC(C)CCC(=O)CC(=O)CCOCCC(=O)C(C)C. The Morgan fingerprint density at radius 3 is 1.95 bits per heavy atom. The lowest BCUT2D eigenvalue weighted by Crippen LogP contribution is -2.13. The van der Waals surface area contributed by atoms with Crippen molar-refractivity contribution >= 4 is 17.3 Å². The number of rotatable bonds is 12. The van der Waals surface area contributed by atoms with Crippen LogP contribution in [-0.2, 0) is 19.1 Å². The van der Waals surface area contributed by atoms with Crippen LogP contribution < -0.4 is 0 Å². The van der Waals surface area contributed by atoms with Crippen LogP contribution in [0.2, 0.25) is 0 Å². The summed E-state index contributed by atoms with van der Waals surface area (Å²) in [4.78, 5) is 34.4. The van der Waals surface area contributed by atoms with Gasteiger partial charge in [0.25, 0.3) is 0 Å². The molecule has 0 heterocycles. The van der Waals surface area contributed by atoms with Crippen LogP contribution in [-0.4, -0.2) is 30.6 Å². The van der Waals surface area contributed by atoms with Gasteiger partial charge < -0.3 is 4.74 Å². The fourth-order valence-electron chi connectivity index (χ4n) is 1.60. The second-order valence-electron chi connectivity index (χ2n) is 5.92. The van der Waals surface area contributed by atoms with Crippen molar-refractivity contribution in [3.8, 4) is 0 Å². The molecule has 0 rings (SSSR count). The topological polar surface area (TPSA) is 60.4 Å². The molecule has 0 fully saturated rings. The smallest absolute Gasteiger partial charge is 0.142 e. The van der Waals surface area contributed by atoms with Gasteiger partial charge in [0.15, 0.2) is 0 Å². The predicted molar refractivity (Wildman–Crippen MR) is 78.6 cm³/mol. The first-order valence-electron chi connectivity index (χ1n) is 7.46. The molecule has 0 radical (unpaired) electrons. The number of Topliss-reactive ketones (excluding diaryl/α,β-unsaturated/α-hetero) is 3. The second-order valence-corrected chi connectivity index (χ2v) is 5.92. The summed E-state index contributed by atoms with van der Waals surface area (Å²) in [5.41, 5.74) is 0. The number of ketones is 3. The van der Waals surface area contributed by atoms with Crippen LogP contribution >= 0.6 is 0 Å². The molecule has 0 bridgehead atoms. The highest BCUT2D eigenvalue weighted by atomic mass is 16.5. The molecule has 0 saturated heterocycles. The van der Waals surface area contributed by atoms with Crippen LogP contribution in [0.4, 0.5) is 0 Å². The molecule has 0 spiro atoms. The van der Waals surface area contributed by atoms with Crippen LogP contribution in [0.15, 0.2) is 0 Å². The Morgan fingerprint density at radius 1 is 0.850 bits per heavy atom. The zero-order valence-electron chi connectivity index (χ0n) is 13.2. The molecule has 20 heavy (non-hydrogen) atoms. The lowest BCUT2D eigenvalue weighted by atomic mass is 10.0. The van der Waals surface area contributed by atoms with E-state index in [0.29, 0.717) is 32.0 Å². The van der Waals surface area contributed by atoms with Gasteiger partial charge in [-0.2, -0.15) is 0 Å². The van der Waals surface area contributed by atoms with Crippen LogP contribution in [0.25, 0.3) is 0 Å². The van der Waals surface area contributed by atoms with Gasteiger partial charge in [-0.15, -0.1) is 0 Å². The van der Waals surface area contributed by atoms with E-state index < -0.39 is 0 Å². The maximum atomic E-state index is 11.5. The third-order valence-electron chi connectivity index (χ3n) is 3.06. The highest BCUT2D eigenvalue weighted by molar-refractivity contribution is 5.99. The molecule has 4 heteroatoms. The molecular weight excluding hydrogens is 256 g/mol. The van der Waals surface area contributed by atoms with Crippen LogP contribution in [0.1, 0.15) is 59.8 Å². The quantitative estimate of drug-likeness (QED) is 0.408. The van der Waals surface area contributed by atoms with Gasteiger partial charge in [0.05, 0.1) is 19.6 Å². The monoisotopic (exact) mass is 284 g/mol. The summed E-state index contributed by atoms with van der Waals surface area (Å²) in [7, 11) is 0. The van der Waals surface area contributed by atoms with Crippen LogP contribution in [0.5, 0.6) is 0 Å². The molecule has 0 aliphatic carbocycles. The van der Waals surface area contributed by atoms with Gasteiger partial charge in [0.1, 0.15) is 17.3 Å². The Hall–Kier alpha value is -1.03. The fourth-order valence-corrected chi connectivity index (χ4v) is 1.60. The number of hydrogen-bond donors (Lipinski definition) is 0. The summed E-state index contributed by atoms with van der Waals surface area (Å²) < 4.78 is 5.25. The number of carbonyl (C=O) groups excluding carboxylic acids is 3. The van der Waals surface area contributed by atoms with E-state index in [0.717, 1.165) is 6.42 Å². The first-order valence-corrected chi connectivity index (χ1v) is 7.46. The molecular formula is C16H28O4. The van der Waals surface area contributed by atoms with Gasteiger partial charge in [-0.1, -0.05) is 27.7 Å². The summed E-state index contributed by atoms with van der Waals surface area (Å²) in [6, 6.07) is 0. The minimum absolute atomic E-state index is 0.0127. The van der Waals surface area contributed by atoms with Crippen LogP contribution in [0, 0.1) is 11.8 Å². The summed E-state index contributed by atoms with van der Waals surface area (Å²) in [5.74, 6) is 0.613. The molecule has 0 aliphatic rings. The minimum Gasteiger partial charge on any atom is -0.381 e. The average Bonchev–Trinajstić information content (AvgIpc) is 2.35. The van der Waals surface area contributed by atoms with E-state index in [1.807, 2.05) is 13.8 Å². The molecule has 0 aromatic carbocycles. The molecule has 0 saturated carbocycles. The van der Waals surface area contributed by atoms with E-state index in [1.54, 1.807) is 0 Å². The van der Waals surface area contributed by atoms with E-state index in [2.05, 4.69) is 13.8 Å². The molecule has 4 nitrogen and oxygen atoms in total. The zero-order valence-corrected chi connectivity index (χ0v) is 13.2. The third-order valence-corrected chi connectivity index (χ3v) is 3.06. The largest absolute Gasteiger partial charge is 0.381 e. The van der Waals surface area contributed by atoms with Gasteiger partial charge in [-0.05, 0) is 12.3 Å². The molecule has 0 aromatic heterocycles. The summed E-state index contributed by atoms with van der Waals surface area (Å²) in [6.07, 6.45) is 1.97. The highest BCUT2D eigenvalue weighted by Crippen LogP contribution is 2.06. The van der Waals surface area contributed by atoms with Crippen molar-refractivity contribution in [2.24, 2.45) is 11.8 Å². The van der Waals surface area contributed by atoms with Gasteiger partial charge in [0, 0.05) is 25.2 Å². The first-order chi connectivity index (χ1) is 9.32. The normalized spacial score (nSPS) is 11.1. The van der Waals surface area contributed by atoms with E-state index >= 15 is 0 Å². The van der Waals surface area contributed by atoms with E-state index in [4.69, 9.17) is 4.74 Å².